The van der Waals surface area contributed by atoms with Crippen molar-refractivity contribution in [3.63, 3.8) is 0 Å². The smallest absolute Gasteiger partial charge is 0.313 e. The van der Waals surface area contributed by atoms with Gasteiger partial charge in [-0.2, -0.15) is 0 Å². The van der Waals surface area contributed by atoms with E-state index in [4.69, 9.17) is 16.7 Å². The molecule has 0 unspecified atom stereocenters. The van der Waals surface area contributed by atoms with Crippen LogP contribution in [0.15, 0.2) is 30.4 Å². The van der Waals surface area contributed by atoms with Gasteiger partial charge >= 0.3 is 11.8 Å². The first-order chi connectivity index (χ1) is 9.99. The molecule has 1 aliphatic rings. The Hall–Kier alpha value is -1.85. The molecule has 0 fully saturated rings. The standard InChI is InChI=1S/C15H17ClN2O3/c1-9-2-5-12(16)13(6-9)18-15(21)14(20)17-11-4-3-10(7-11)8-19/h2-6,10-11,19H,7-8H2,1H3,(H,17,20)(H,18,21)/t10-,11+/m0/s1. The summed E-state index contributed by atoms with van der Waals surface area (Å²) in [7, 11) is 0. The number of benzene rings is 1. The van der Waals surface area contributed by atoms with Gasteiger partial charge in [-0.1, -0.05) is 29.8 Å². The summed E-state index contributed by atoms with van der Waals surface area (Å²) in [5.74, 6) is -1.45. The Labute approximate surface area is 128 Å². The zero-order valence-electron chi connectivity index (χ0n) is 11.6. The second kappa shape index (κ2) is 6.74. The molecule has 2 atom stereocenters. The summed E-state index contributed by atoms with van der Waals surface area (Å²) in [6.07, 6.45) is 4.21. The van der Waals surface area contributed by atoms with Gasteiger partial charge in [-0.05, 0) is 31.0 Å². The minimum atomic E-state index is -0.761. The van der Waals surface area contributed by atoms with Crippen molar-refractivity contribution in [1.29, 1.82) is 0 Å². The second-order valence-electron chi connectivity index (χ2n) is 5.08. The van der Waals surface area contributed by atoms with Gasteiger partial charge in [0.1, 0.15) is 0 Å². The van der Waals surface area contributed by atoms with Crippen molar-refractivity contribution in [3.05, 3.63) is 40.9 Å². The molecule has 0 radical (unpaired) electrons. The van der Waals surface area contributed by atoms with Gasteiger partial charge in [0.25, 0.3) is 0 Å². The number of hydrogen-bond donors (Lipinski definition) is 3. The largest absolute Gasteiger partial charge is 0.396 e. The number of carbonyl (C=O) groups excluding carboxylic acids is 2. The van der Waals surface area contributed by atoms with Crippen LogP contribution in [-0.2, 0) is 9.59 Å². The SMILES string of the molecule is Cc1ccc(Cl)c(NC(=O)C(=O)N[C@@H]2C=C[C@H](CO)C2)c1. The van der Waals surface area contributed by atoms with Crippen molar-refractivity contribution < 1.29 is 14.7 Å². The molecule has 0 aromatic heterocycles. The summed E-state index contributed by atoms with van der Waals surface area (Å²) in [4.78, 5) is 23.7. The van der Waals surface area contributed by atoms with Crippen LogP contribution >= 0.6 is 11.6 Å². The quantitative estimate of drug-likeness (QED) is 0.587. The van der Waals surface area contributed by atoms with E-state index in [9.17, 15) is 9.59 Å². The lowest BCUT2D eigenvalue weighted by Gasteiger charge is -2.13. The third kappa shape index (κ3) is 4.06. The Morgan fingerprint density at radius 3 is 2.76 bits per heavy atom. The molecular formula is C15H17ClN2O3. The fourth-order valence-corrected chi connectivity index (χ4v) is 2.33. The molecule has 21 heavy (non-hydrogen) atoms. The lowest BCUT2D eigenvalue weighted by Crippen LogP contribution is -2.40. The number of anilines is 1. The Kier molecular flexibility index (Phi) is 4.98. The molecule has 112 valence electrons. The third-order valence-electron chi connectivity index (χ3n) is 3.30. The summed E-state index contributed by atoms with van der Waals surface area (Å²) < 4.78 is 0. The van der Waals surface area contributed by atoms with E-state index in [1.54, 1.807) is 18.2 Å². The van der Waals surface area contributed by atoms with E-state index in [0.717, 1.165) is 5.56 Å². The van der Waals surface area contributed by atoms with Crippen molar-refractivity contribution in [3.8, 4) is 0 Å². The Morgan fingerprint density at radius 2 is 2.10 bits per heavy atom. The molecular weight excluding hydrogens is 292 g/mol. The molecule has 6 heteroatoms. The molecule has 5 nitrogen and oxygen atoms in total. The fourth-order valence-electron chi connectivity index (χ4n) is 2.16. The van der Waals surface area contributed by atoms with Gasteiger partial charge in [-0.25, -0.2) is 0 Å². The van der Waals surface area contributed by atoms with Crippen LogP contribution in [-0.4, -0.2) is 29.6 Å². The van der Waals surface area contributed by atoms with Gasteiger partial charge in [-0.15, -0.1) is 0 Å². The van der Waals surface area contributed by atoms with Crippen LogP contribution in [0, 0.1) is 12.8 Å². The number of hydrogen-bond acceptors (Lipinski definition) is 3. The first kappa shape index (κ1) is 15.5. The molecule has 3 N–H and O–H groups in total. The van der Waals surface area contributed by atoms with E-state index < -0.39 is 11.8 Å². The average Bonchev–Trinajstić information content (AvgIpc) is 2.90. The summed E-state index contributed by atoms with van der Waals surface area (Å²) in [5, 5.41) is 14.5. The topological polar surface area (TPSA) is 78.4 Å². The summed E-state index contributed by atoms with van der Waals surface area (Å²) in [6, 6.07) is 4.95. The van der Waals surface area contributed by atoms with E-state index in [2.05, 4.69) is 10.6 Å². The Balaban J connectivity index is 1.93. The van der Waals surface area contributed by atoms with E-state index in [1.165, 1.54) is 0 Å². The molecule has 1 aromatic rings. The minimum Gasteiger partial charge on any atom is -0.396 e. The predicted octanol–water partition coefficient (Wildman–Crippen LogP) is 1.64. The summed E-state index contributed by atoms with van der Waals surface area (Å²) in [5.41, 5.74) is 1.34. The first-order valence-electron chi connectivity index (χ1n) is 6.66. The van der Waals surface area contributed by atoms with Crippen LogP contribution in [0.3, 0.4) is 0 Å². The van der Waals surface area contributed by atoms with E-state index >= 15 is 0 Å². The highest BCUT2D eigenvalue weighted by Gasteiger charge is 2.23. The summed E-state index contributed by atoms with van der Waals surface area (Å²) in [6.45, 7) is 1.90. The van der Waals surface area contributed by atoms with Crippen molar-refractivity contribution in [2.45, 2.75) is 19.4 Å². The zero-order valence-corrected chi connectivity index (χ0v) is 12.4. The highest BCUT2D eigenvalue weighted by molar-refractivity contribution is 6.41. The highest BCUT2D eigenvalue weighted by atomic mass is 35.5. The second-order valence-corrected chi connectivity index (χ2v) is 5.49. The number of nitrogens with one attached hydrogen (secondary N) is 2. The lowest BCUT2D eigenvalue weighted by atomic mass is 10.1. The van der Waals surface area contributed by atoms with Crippen molar-refractivity contribution in [2.24, 2.45) is 5.92 Å². The fraction of sp³-hybridized carbons (Fsp3) is 0.333. The number of aliphatic hydroxyl groups excluding tert-OH is 1. The van der Waals surface area contributed by atoms with E-state index in [1.807, 2.05) is 19.1 Å². The predicted molar refractivity (Wildman–Crippen MR) is 81.1 cm³/mol. The first-order valence-corrected chi connectivity index (χ1v) is 7.04. The van der Waals surface area contributed by atoms with Crippen LogP contribution in [0.25, 0.3) is 0 Å². The van der Waals surface area contributed by atoms with Crippen molar-refractivity contribution in [1.82, 2.24) is 5.32 Å². The normalized spacial score (nSPS) is 20.3. The molecule has 0 heterocycles. The van der Waals surface area contributed by atoms with Crippen LogP contribution in [0.1, 0.15) is 12.0 Å². The zero-order chi connectivity index (χ0) is 15.4. The molecule has 0 spiro atoms. The van der Waals surface area contributed by atoms with E-state index in [0.29, 0.717) is 17.1 Å². The maximum absolute atomic E-state index is 11.9. The number of aryl methyl sites for hydroxylation is 1. The number of amides is 2. The van der Waals surface area contributed by atoms with Gasteiger partial charge in [0, 0.05) is 18.6 Å². The average molecular weight is 309 g/mol. The van der Waals surface area contributed by atoms with Gasteiger partial charge in [0.2, 0.25) is 0 Å². The van der Waals surface area contributed by atoms with Crippen molar-refractivity contribution >= 4 is 29.1 Å². The van der Waals surface area contributed by atoms with Gasteiger partial charge in [-0.3, -0.25) is 9.59 Å². The van der Waals surface area contributed by atoms with Crippen molar-refractivity contribution in [2.75, 3.05) is 11.9 Å². The molecule has 2 amide bonds. The maximum atomic E-state index is 11.9. The number of carbonyl (C=O) groups is 2. The van der Waals surface area contributed by atoms with Crippen LogP contribution in [0.5, 0.6) is 0 Å². The Bertz CT molecular complexity index is 586. The number of halogens is 1. The molecule has 2 rings (SSSR count). The third-order valence-corrected chi connectivity index (χ3v) is 3.63. The van der Waals surface area contributed by atoms with Crippen LogP contribution < -0.4 is 10.6 Å². The minimum absolute atomic E-state index is 0.0320. The van der Waals surface area contributed by atoms with Gasteiger partial charge in [0.15, 0.2) is 0 Å². The van der Waals surface area contributed by atoms with Crippen LogP contribution in [0.4, 0.5) is 5.69 Å². The molecule has 0 saturated heterocycles. The molecule has 0 aliphatic heterocycles. The molecule has 1 aliphatic carbocycles. The molecule has 0 bridgehead atoms. The number of rotatable bonds is 3. The van der Waals surface area contributed by atoms with Gasteiger partial charge in [0.05, 0.1) is 10.7 Å². The lowest BCUT2D eigenvalue weighted by molar-refractivity contribution is -0.136. The monoisotopic (exact) mass is 308 g/mol. The highest BCUT2D eigenvalue weighted by Crippen LogP contribution is 2.22. The van der Waals surface area contributed by atoms with Crippen LogP contribution in [0.2, 0.25) is 5.02 Å². The Morgan fingerprint density at radius 1 is 1.33 bits per heavy atom. The van der Waals surface area contributed by atoms with E-state index in [-0.39, 0.29) is 18.6 Å². The summed E-state index contributed by atoms with van der Waals surface area (Å²) >= 11 is 5.97. The molecule has 1 aromatic carbocycles. The maximum Gasteiger partial charge on any atom is 0.313 e. The van der Waals surface area contributed by atoms with Gasteiger partial charge < -0.3 is 15.7 Å². The number of aliphatic hydroxyl groups is 1. The molecule has 0 saturated carbocycles.